The van der Waals surface area contributed by atoms with E-state index in [0.29, 0.717) is 16.5 Å². The van der Waals surface area contributed by atoms with Gasteiger partial charge in [-0.3, -0.25) is 9.52 Å². The smallest absolute Gasteiger partial charge is 0.274 e. The number of rotatable bonds is 8. The van der Waals surface area contributed by atoms with E-state index in [2.05, 4.69) is 10.8 Å². The number of ether oxygens (including phenoxy) is 2. The Labute approximate surface area is 268 Å². The number of nitrogens with zero attached hydrogens (tertiary/aromatic N) is 2. The summed E-state index contributed by atoms with van der Waals surface area (Å²) in [4.78, 5) is 14.3. The van der Waals surface area contributed by atoms with Crippen molar-refractivity contribution in [2.75, 3.05) is 18.9 Å². The Morgan fingerprint density at radius 3 is 2.40 bits per heavy atom. The molecule has 2 aliphatic rings. The molecule has 0 radical (unpaired) electrons. The lowest BCUT2D eigenvalue weighted by molar-refractivity contribution is 0.0678. The van der Waals surface area contributed by atoms with E-state index in [1.165, 1.54) is 17.1 Å². The van der Waals surface area contributed by atoms with Crippen molar-refractivity contribution in [2.45, 2.75) is 30.2 Å². The highest BCUT2D eigenvalue weighted by Gasteiger charge is 2.45. The lowest BCUT2D eigenvalue weighted by atomic mass is 9.77. The molecule has 45 heavy (non-hydrogen) atoms. The van der Waals surface area contributed by atoms with Gasteiger partial charge in [0.2, 0.25) is 0 Å². The molecule has 10 heteroatoms. The minimum absolute atomic E-state index is 0.0434. The fourth-order valence-corrected chi connectivity index (χ4v) is 7.25. The van der Waals surface area contributed by atoms with Crippen LogP contribution in [0.25, 0.3) is 6.08 Å². The van der Waals surface area contributed by atoms with Crippen LogP contribution in [0.1, 0.15) is 46.8 Å². The molecule has 1 N–H and O–H groups in total. The van der Waals surface area contributed by atoms with Gasteiger partial charge in [-0.15, -0.1) is 0 Å². The zero-order chi connectivity index (χ0) is 31.6. The van der Waals surface area contributed by atoms with E-state index in [-0.39, 0.29) is 16.4 Å². The number of anilines is 1. The van der Waals surface area contributed by atoms with Crippen LogP contribution in [-0.2, 0) is 10.0 Å². The second kappa shape index (κ2) is 12.8. The van der Waals surface area contributed by atoms with Gasteiger partial charge in [0, 0.05) is 33.3 Å². The van der Waals surface area contributed by atoms with Crippen LogP contribution in [0.3, 0.4) is 0 Å². The molecule has 230 valence electrons. The molecule has 2 unspecified atom stereocenters. The topological polar surface area (TPSA) is 97.3 Å². The number of benzene rings is 4. The molecule has 1 aliphatic heterocycles. The van der Waals surface area contributed by atoms with Gasteiger partial charge in [0.25, 0.3) is 15.9 Å². The number of nitrogens with one attached hydrogen (secondary N) is 1. The molecule has 1 saturated carbocycles. The molecule has 6 rings (SSSR count). The molecule has 0 spiro atoms. The van der Waals surface area contributed by atoms with E-state index in [4.69, 9.17) is 26.2 Å². The lowest BCUT2D eigenvalue weighted by Crippen LogP contribution is -2.32. The summed E-state index contributed by atoms with van der Waals surface area (Å²) < 4.78 is 40.5. The summed E-state index contributed by atoms with van der Waals surface area (Å²) in [5.41, 5.74) is 4.20. The summed E-state index contributed by atoms with van der Waals surface area (Å²) in [6, 6.07) is 27.3. The summed E-state index contributed by atoms with van der Waals surface area (Å²) in [7, 11) is -0.740. The highest BCUT2D eigenvalue weighted by molar-refractivity contribution is 7.92. The van der Waals surface area contributed by atoms with Crippen LogP contribution in [0.4, 0.5) is 5.69 Å². The first kappa shape index (κ1) is 30.4. The van der Waals surface area contributed by atoms with E-state index in [1.54, 1.807) is 50.6 Å². The van der Waals surface area contributed by atoms with Crippen LogP contribution in [-0.4, -0.2) is 39.3 Å². The van der Waals surface area contributed by atoms with Gasteiger partial charge in [-0.25, -0.2) is 13.4 Å². The number of carbonyl (C=O) groups excluding carboxylic acids is 1. The molecule has 1 aliphatic carbocycles. The summed E-state index contributed by atoms with van der Waals surface area (Å²) in [5, 5.41) is 6.97. The standard InChI is InChI=1S/C35H32ClN3O5S/c1-43-31-15-5-3-9-23(31)21-24-10-8-14-30-33(24)37-39(34(30)29-13-4-6-16-32(29)44-2)35(40)25-11-7-12-28(22-25)45(41,42)38-27-19-17-26(36)18-20-27/h3-7,9,11-13,15-22,30,34,38H,8,10,14H2,1-2H3/b24-21+. The summed E-state index contributed by atoms with van der Waals surface area (Å²) >= 11 is 5.95. The minimum atomic E-state index is -3.99. The first-order valence-corrected chi connectivity index (χ1v) is 16.4. The fourth-order valence-electron chi connectivity index (χ4n) is 6.02. The first-order chi connectivity index (χ1) is 21.8. The molecular formula is C35H32ClN3O5S. The van der Waals surface area contributed by atoms with Crippen molar-refractivity contribution in [2.24, 2.45) is 11.0 Å². The molecule has 0 aromatic heterocycles. The largest absolute Gasteiger partial charge is 0.496 e. The highest BCUT2D eigenvalue weighted by atomic mass is 35.5. The molecule has 1 heterocycles. The van der Waals surface area contributed by atoms with E-state index in [1.807, 2.05) is 48.5 Å². The maximum atomic E-state index is 14.3. The van der Waals surface area contributed by atoms with Crippen molar-refractivity contribution in [3.05, 3.63) is 124 Å². The Balaban J connectivity index is 1.40. The Kier molecular flexibility index (Phi) is 8.65. The maximum Gasteiger partial charge on any atom is 0.274 e. The molecule has 8 nitrogen and oxygen atoms in total. The predicted molar refractivity (Wildman–Crippen MR) is 176 cm³/mol. The van der Waals surface area contributed by atoms with Crippen molar-refractivity contribution in [1.29, 1.82) is 0 Å². The van der Waals surface area contributed by atoms with E-state index >= 15 is 0 Å². The summed E-state index contributed by atoms with van der Waals surface area (Å²) in [6.07, 6.45) is 4.64. The number of sulfonamides is 1. The van der Waals surface area contributed by atoms with Gasteiger partial charge in [-0.2, -0.15) is 5.10 Å². The third-order valence-electron chi connectivity index (χ3n) is 8.12. The highest BCUT2D eigenvalue weighted by Crippen LogP contribution is 2.47. The van der Waals surface area contributed by atoms with Crippen molar-refractivity contribution in [3.63, 3.8) is 0 Å². The van der Waals surface area contributed by atoms with Crippen molar-refractivity contribution < 1.29 is 22.7 Å². The number of hydrogen-bond acceptors (Lipinski definition) is 6. The molecule has 1 fully saturated rings. The Morgan fingerprint density at radius 1 is 0.933 bits per heavy atom. The number of carbonyl (C=O) groups is 1. The number of halogens is 1. The predicted octanol–water partition coefficient (Wildman–Crippen LogP) is 7.59. The van der Waals surface area contributed by atoms with Gasteiger partial charge in [0.05, 0.1) is 30.9 Å². The number of amides is 1. The lowest BCUT2D eigenvalue weighted by Gasteiger charge is -2.30. The molecule has 4 aromatic carbocycles. The number of para-hydroxylation sites is 2. The quantitative estimate of drug-likeness (QED) is 0.214. The first-order valence-electron chi connectivity index (χ1n) is 14.6. The van der Waals surface area contributed by atoms with Crippen LogP contribution in [0.5, 0.6) is 11.5 Å². The number of methoxy groups -OCH3 is 2. The Morgan fingerprint density at radius 2 is 1.64 bits per heavy atom. The van der Waals surface area contributed by atoms with Gasteiger partial charge < -0.3 is 9.47 Å². The Bertz CT molecular complexity index is 1910. The summed E-state index contributed by atoms with van der Waals surface area (Å²) in [6.45, 7) is 0. The molecule has 0 bridgehead atoms. The van der Waals surface area contributed by atoms with Gasteiger partial charge in [-0.05, 0) is 85.5 Å². The third-order valence-corrected chi connectivity index (χ3v) is 9.75. The van der Waals surface area contributed by atoms with E-state index in [9.17, 15) is 13.2 Å². The molecule has 4 aromatic rings. The van der Waals surface area contributed by atoms with Crippen molar-refractivity contribution >= 4 is 45.0 Å². The van der Waals surface area contributed by atoms with Gasteiger partial charge in [0.15, 0.2) is 0 Å². The summed E-state index contributed by atoms with van der Waals surface area (Å²) in [5.74, 6) is 0.915. The number of hydrogen-bond donors (Lipinski definition) is 1. The number of hydrazone groups is 1. The van der Waals surface area contributed by atoms with E-state index < -0.39 is 22.0 Å². The van der Waals surface area contributed by atoms with Crippen molar-refractivity contribution in [3.8, 4) is 11.5 Å². The zero-order valence-corrected chi connectivity index (χ0v) is 26.4. The van der Waals surface area contributed by atoms with Gasteiger partial charge >= 0.3 is 0 Å². The SMILES string of the molecule is COc1ccccc1/C=C1\CCCC2C1=NN(C(=O)c1cccc(S(=O)(=O)Nc3ccc(Cl)cc3)c1)C2c1ccccc1OC. The fraction of sp³-hybridized carbons (Fsp3) is 0.200. The van der Waals surface area contributed by atoms with Crippen LogP contribution >= 0.6 is 11.6 Å². The molecule has 1 amide bonds. The van der Waals surface area contributed by atoms with Crippen LogP contribution in [0.15, 0.2) is 113 Å². The zero-order valence-electron chi connectivity index (χ0n) is 24.8. The Hall–Kier alpha value is -4.60. The van der Waals surface area contributed by atoms with Crippen LogP contribution in [0.2, 0.25) is 5.02 Å². The van der Waals surface area contributed by atoms with Gasteiger partial charge in [0.1, 0.15) is 11.5 Å². The molecular weight excluding hydrogens is 610 g/mol. The average molecular weight is 642 g/mol. The second-order valence-corrected chi connectivity index (χ2v) is 13.0. The van der Waals surface area contributed by atoms with Gasteiger partial charge in [-0.1, -0.05) is 54.1 Å². The van der Waals surface area contributed by atoms with E-state index in [0.717, 1.165) is 47.4 Å². The van der Waals surface area contributed by atoms with Crippen LogP contribution < -0.4 is 14.2 Å². The van der Waals surface area contributed by atoms with Crippen LogP contribution in [0, 0.1) is 5.92 Å². The number of fused-ring (bicyclic) bond motifs is 1. The maximum absolute atomic E-state index is 14.3. The number of allylic oxidation sites excluding steroid dienone is 1. The minimum Gasteiger partial charge on any atom is -0.496 e. The molecule has 0 saturated heterocycles. The normalized spacial score (nSPS) is 18.7. The second-order valence-electron chi connectivity index (χ2n) is 10.9. The van der Waals surface area contributed by atoms with Crippen molar-refractivity contribution in [1.82, 2.24) is 5.01 Å². The molecule has 2 atom stereocenters. The third kappa shape index (κ3) is 6.18. The average Bonchev–Trinajstić information content (AvgIpc) is 3.46. The monoisotopic (exact) mass is 641 g/mol.